The van der Waals surface area contributed by atoms with Crippen molar-refractivity contribution in [3.8, 4) is 6.07 Å². The van der Waals surface area contributed by atoms with E-state index in [4.69, 9.17) is 0 Å². The molecule has 1 aromatic carbocycles. The van der Waals surface area contributed by atoms with Gasteiger partial charge in [-0.1, -0.05) is 12.1 Å². The molecule has 0 spiro atoms. The Balaban J connectivity index is 1.75. The summed E-state index contributed by atoms with van der Waals surface area (Å²) in [7, 11) is 0. The van der Waals surface area contributed by atoms with Gasteiger partial charge in [0.15, 0.2) is 0 Å². The van der Waals surface area contributed by atoms with E-state index in [1.165, 1.54) is 28.3 Å². The normalized spacial score (nSPS) is 13.3. The van der Waals surface area contributed by atoms with E-state index in [1.54, 1.807) is 12.1 Å². The van der Waals surface area contributed by atoms with Crippen molar-refractivity contribution in [2.24, 2.45) is 0 Å². The molecule has 0 fully saturated rings. The summed E-state index contributed by atoms with van der Waals surface area (Å²) < 4.78 is 12.9. The summed E-state index contributed by atoms with van der Waals surface area (Å²) in [6.07, 6.45) is 4.32. The molecule has 0 saturated carbocycles. The molecule has 1 aromatic heterocycles. The van der Waals surface area contributed by atoms with Crippen LogP contribution in [0.4, 0.5) is 9.39 Å². The van der Waals surface area contributed by atoms with E-state index < -0.39 is 0 Å². The highest BCUT2D eigenvalue weighted by Gasteiger charge is 2.21. The number of halogens is 1. The Bertz CT molecular complexity index is 743. The number of nitrogens with zero attached hydrogens (tertiary/aromatic N) is 1. The first-order valence-electron chi connectivity index (χ1n) is 7.26. The highest BCUT2D eigenvalue weighted by Crippen LogP contribution is 2.37. The summed E-state index contributed by atoms with van der Waals surface area (Å²) in [5, 5.41) is 12.9. The fraction of sp³-hybridized carbons (Fsp3) is 0.294. The van der Waals surface area contributed by atoms with Crippen molar-refractivity contribution in [1.29, 1.82) is 5.26 Å². The molecule has 0 atom stereocenters. The summed E-state index contributed by atoms with van der Waals surface area (Å²) >= 11 is 1.51. The number of thiophene rings is 1. The first kappa shape index (κ1) is 14.7. The topological polar surface area (TPSA) is 52.9 Å². The molecule has 0 unspecified atom stereocenters. The summed E-state index contributed by atoms with van der Waals surface area (Å²) in [4.78, 5) is 13.4. The van der Waals surface area contributed by atoms with Crippen LogP contribution in [0.15, 0.2) is 24.3 Å². The van der Waals surface area contributed by atoms with Crippen LogP contribution in [-0.2, 0) is 24.1 Å². The number of carbonyl (C=O) groups is 1. The zero-order valence-corrected chi connectivity index (χ0v) is 12.8. The second-order valence-corrected chi connectivity index (χ2v) is 6.48. The molecule has 1 amide bonds. The predicted molar refractivity (Wildman–Crippen MR) is 84.4 cm³/mol. The summed E-state index contributed by atoms with van der Waals surface area (Å²) in [6.45, 7) is 0. The molecule has 1 aliphatic rings. The summed E-state index contributed by atoms with van der Waals surface area (Å²) in [5.74, 6) is -0.497. The molecule has 0 aliphatic heterocycles. The second-order valence-electron chi connectivity index (χ2n) is 5.38. The molecular weight excluding hydrogens is 299 g/mol. The molecule has 1 heterocycles. The Morgan fingerprint density at radius 2 is 2.00 bits per heavy atom. The maximum absolute atomic E-state index is 12.9. The van der Waals surface area contributed by atoms with Crippen LogP contribution in [-0.4, -0.2) is 5.91 Å². The van der Waals surface area contributed by atoms with Gasteiger partial charge in [-0.05, 0) is 48.9 Å². The average molecular weight is 314 g/mol. The van der Waals surface area contributed by atoms with Crippen LogP contribution in [0.1, 0.15) is 34.4 Å². The minimum absolute atomic E-state index is 0.174. The first-order chi connectivity index (χ1) is 10.7. The van der Waals surface area contributed by atoms with E-state index in [9.17, 15) is 14.4 Å². The number of nitrogens with one attached hydrogen (secondary N) is 1. The first-order valence-corrected chi connectivity index (χ1v) is 8.08. The number of hydrogen-bond donors (Lipinski definition) is 1. The van der Waals surface area contributed by atoms with Crippen LogP contribution in [0, 0.1) is 17.1 Å². The third kappa shape index (κ3) is 3.02. The van der Waals surface area contributed by atoms with Crippen LogP contribution in [0.5, 0.6) is 0 Å². The number of anilines is 1. The third-order valence-electron chi connectivity index (χ3n) is 3.81. The minimum Gasteiger partial charge on any atom is -0.316 e. The molecule has 1 N–H and O–H groups in total. The van der Waals surface area contributed by atoms with E-state index >= 15 is 0 Å². The molecule has 3 nitrogen and oxygen atoms in total. The Kier molecular flexibility index (Phi) is 4.21. The standard InChI is InChI=1S/C17H15FN2OS/c18-12-7-5-11(6-8-12)9-16(21)20-17-14(10-19)13-3-1-2-4-15(13)22-17/h5-8H,1-4,9H2,(H,20,21). The van der Waals surface area contributed by atoms with Crippen molar-refractivity contribution >= 4 is 22.2 Å². The molecule has 112 valence electrons. The molecule has 0 saturated heterocycles. The van der Waals surface area contributed by atoms with Gasteiger partial charge in [-0.25, -0.2) is 4.39 Å². The fourth-order valence-corrected chi connectivity index (χ4v) is 3.99. The number of fused-ring (bicyclic) bond motifs is 1. The maximum Gasteiger partial charge on any atom is 0.229 e. The Morgan fingerprint density at radius 1 is 1.27 bits per heavy atom. The molecular formula is C17H15FN2OS. The van der Waals surface area contributed by atoms with Gasteiger partial charge in [0.1, 0.15) is 16.9 Å². The van der Waals surface area contributed by atoms with Gasteiger partial charge in [-0.3, -0.25) is 4.79 Å². The number of carbonyl (C=O) groups excluding carboxylic acids is 1. The Morgan fingerprint density at radius 3 is 2.73 bits per heavy atom. The largest absolute Gasteiger partial charge is 0.316 e. The summed E-state index contributed by atoms with van der Waals surface area (Å²) in [6, 6.07) is 8.10. The number of aryl methyl sites for hydroxylation is 1. The van der Waals surface area contributed by atoms with Gasteiger partial charge in [0, 0.05) is 4.88 Å². The van der Waals surface area contributed by atoms with Crippen molar-refractivity contribution < 1.29 is 9.18 Å². The van der Waals surface area contributed by atoms with Gasteiger partial charge in [0.25, 0.3) is 0 Å². The zero-order valence-electron chi connectivity index (χ0n) is 12.0. The van der Waals surface area contributed by atoms with Gasteiger partial charge in [0.05, 0.1) is 12.0 Å². The molecule has 22 heavy (non-hydrogen) atoms. The van der Waals surface area contributed by atoms with Gasteiger partial charge in [-0.15, -0.1) is 11.3 Å². The average Bonchev–Trinajstić information content (AvgIpc) is 2.86. The minimum atomic E-state index is -0.318. The number of benzene rings is 1. The quantitative estimate of drug-likeness (QED) is 0.936. The molecule has 0 radical (unpaired) electrons. The van der Waals surface area contributed by atoms with Crippen molar-refractivity contribution in [2.45, 2.75) is 32.1 Å². The molecule has 3 rings (SSSR count). The second kappa shape index (κ2) is 6.29. The molecule has 0 bridgehead atoms. The van der Waals surface area contributed by atoms with Crippen molar-refractivity contribution in [3.63, 3.8) is 0 Å². The Labute approximate surface area is 132 Å². The van der Waals surface area contributed by atoms with E-state index in [0.717, 1.165) is 36.8 Å². The molecule has 2 aromatic rings. The monoisotopic (exact) mass is 314 g/mol. The van der Waals surface area contributed by atoms with Crippen LogP contribution >= 0.6 is 11.3 Å². The van der Waals surface area contributed by atoms with Crippen molar-refractivity contribution in [1.82, 2.24) is 0 Å². The maximum atomic E-state index is 12.9. The van der Waals surface area contributed by atoms with Gasteiger partial charge < -0.3 is 5.32 Å². The van der Waals surface area contributed by atoms with Crippen molar-refractivity contribution in [3.05, 3.63) is 51.7 Å². The van der Waals surface area contributed by atoms with Gasteiger partial charge in [-0.2, -0.15) is 5.26 Å². The Hall–Kier alpha value is -2.19. The SMILES string of the molecule is N#Cc1c(NC(=O)Cc2ccc(F)cc2)sc2c1CCCC2. The fourth-order valence-electron chi connectivity index (χ4n) is 2.73. The summed E-state index contributed by atoms with van der Waals surface area (Å²) in [5.41, 5.74) is 2.47. The van der Waals surface area contributed by atoms with Crippen LogP contribution in [0.25, 0.3) is 0 Å². The van der Waals surface area contributed by atoms with Gasteiger partial charge in [0.2, 0.25) is 5.91 Å². The van der Waals surface area contributed by atoms with Gasteiger partial charge >= 0.3 is 0 Å². The highest BCUT2D eigenvalue weighted by molar-refractivity contribution is 7.16. The molecule has 5 heteroatoms. The van der Waals surface area contributed by atoms with E-state index in [-0.39, 0.29) is 18.1 Å². The lowest BCUT2D eigenvalue weighted by Crippen LogP contribution is -2.14. The lowest BCUT2D eigenvalue weighted by atomic mass is 9.96. The number of amides is 1. The zero-order chi connectivity index (χ0) is 15.5. The smallest absolute Gasteiger partial charge is 0.229 e. The van der Waals surface area contributed by atoms with Crippen LogP contribution < -0.4 is 5.32 Å². The van der Waals surface area contributed by atoms with E-state index in [0.29, 0.717) is 10.6 Å². The predicted octanol–water partition coefficient (Wildman–Crippen LogP) is 3.82. The third-order valence-corrected chi connectivity index (χ3v) is 5.02. The van der Waals surface area contributed by atoms with E-state index in [1.807, 2.05) is 0 Å². The van der Waals surface area contributed by atoms with E-state index in [2.05, 4.69) is 11.4 Å². The number of nitriles is 1. The lowest BCUT2D eigenvalue weighted by Gasteiger charge is -2.09. The van der Waals surface area contributed by atoms with Crippen LogP contribution in [0.3, 0.4) is 0 Å². The molecule has 1 aliphatic carbocycles. The lowest BCUT2D eigenvalue weighted by molar-refractivity contribution is -0.115. The number of hydrogen-bond acceptors (Lipinski definition) is 3. The number of rotatable bonds is 3. The highest BCUT2D eigenvalue weighted by atomic mass is 32.1. The van der Waals surface area contributed by atoms with Crippen molar-refractivity contribution in [2.75, 3.05) is 5.32 Å². The van der Waals surface area contributed by atoms with Crippen LogP contribution in [0.2, 0.25) is 0 Å².